The van der Waals surface area contributed by atoms with Crippen LogP contribution in [0.25, 0.3) is 0 Å². The Morgan fingerprint density at radius 2 is 1.94 bits per heavy atom. The van der Waals surface area contributed by atoms with Gasteiger partial charge in [0.15, 0.2) is 0 Å². The van der Waals surface area contributed by atoms with Crippen molar-refractivity contribution in [1.29, 1.82) is 0 Å². The van der Waals surface area contributed by atoms with E-state index in [1.165, 1.54) is 19.3 Å². The normalized spacial score (nSPS) is 37.4. The predicted octanol–water partition coefficient (Wildman–Crippen LogP) is 2.96. The third-order valence-electron chi connectivity index (χ3n) is 5.01. The lowest BCUT2D eigenvalue weighted by atomic mass is 9.64. The molecule has 0 saturated heterocycles. The van der Waals surface area contributed by atoms with Crippen LogP contribution in [0.3, 0.4) is 0 Å². The molecule has 2 rings (SSSR count). The molecule has 92 valence electrons. The van der Waals surface area contributed by atoms with Gasteiger partial charge in [0.05, 0.1) is 5.41 Å². The third-order valence-corrected chi connectivity index (χ3v) is 5.01. The zero-order chi connectivity index (χ0) is 11.9. The van der Waals surface area contributed by atoms with E-state index >= 15 is 0 Å². The maximum Gasteiger partial charge on any atom is 0.223 e. The quantitative estimate of drug-likeness (QED) is 0.785. The number of hydrogen-bond acceptors (Lipinski definition) is 1. The second-order valence-electron chi connectivity index (χ2n) is 6.45. The van der Waals surface area contributed by atoms with Crippen molar-refractivity contribution in [3.8, 4) is 0 Å². The van der Waals surface area contributed by atoms with Crippen molar-refractivity contribution in [1.82, 2.24) is 0 Å². The van der Waals surface area contributed by atoms with Crippen LogP contribution in [0.15, 0.2) is 0 Å². The Balaban J connectivity index is 2.18. The molecule has 0 aromatic rings. The van der Waals surface area contributed by atoms with Crippen LogP contribution in [0.4, 0.5) is 0 Å². The number of amides is 1. The molecule has 2 aliphatic rings. The SMILES string of the molecule is CC1CCC(C(C)C)C(C2(C(N)=O)CC2)C1. The van der Waals surface area contributed by atoms with Crippen molar-refractivity contribution in [3.63, 3.8) is 0 Å². The highest BCUT2D eigenvalue weighted by molar-refractivity contribution is 5.84. The molecule has 3 atom stereocenters. The van der Waals surface area contributed by atoms with Crippen LogP contribution < -0.4 is 5.73 Å². The summed E-state index contributed by atoms with van der Waals surface area (Å²) in [6, 6.07) is 0. The molecule has 0 radical (unpaired) electrons. The lowest BCUT2D eigenvalue weighted by molar-refractivity contribution is -0.127. The minimum Gasteiger partial charge on any atom is -0.369 e. The van der Waals surface area contributed by atoms with Gasteiger partial charge in [-0.25, -0.2) is 0 Å². The Kier molecular flexibility index (Phi) is 3.02. The fourth-order valence-electron chi connectivity index (χ4n) is 3.77. The van der Waals surface area contributed by atoms with Crippen LogP contribution in [0.1, 0.15) is 52.9 Å². The highest BCUT2D eigenvalue weighted by Crippen LogP contribution is 2.59. The fraction of sp³-hybridized carbons (Fsp3) is 0.929. The molecule has 0 spiro atoms. The molecule has 0 aromatic carbocycles. The first-order valence-corrected chi connectivity index (χ1v) is 6.77. The average molecular weight is 223 g/mol. The average Bonchev–Trinajstić information content (AvgIpc) is 2.97. The van der Waals surface area contributed by atoms with Crippen LogP contribution in [-0.4, -0.2) is 5.91 Å². The Morgan fingerprint density at radius 3 is 2.38 bits per heavy atom. The molecule has 2 fully saturated rings. The summed E-state index contributed by atoms with van der Waals surface area (Å²) in [5, 5.41) is 0. The molecule has 0 bridgehead atoms. The Morgan fingerprint density at radius 1 is 1.31 bits per heavy atom. The summed E-state index contributed by atoms with van der Waals surface area (Å²) in [5.74, 6) is 2.71. The first kappa shape index (κ1) is 11.9. The minimum atomic E-state index is -0.108. The molecule has 0 aromatic heterocycles. The largest absolute Gasteiger partial charge is 0.369 e. The number of primary amides is 1. The molecule has 2 heteroatoms. The molecule has 3 unspecified atom stereocenters. The molecular weight excluding hydrogens is 198 g/mol. The van der Waals surface area contributed by atoms with E-state index in [1.54, 1.807) is 0 Å². The van der Waals surface area contributed by atoms with Gasteiger partial charge >= 0.3 is 0 Å². The number of nitrogens with two attached hydrogens (primary N) is 1. The van der Waals surface area contributed by atoms with Crippen molar-refractivity contribution in [2.75, 3.05) is 0 Å². The van der Waals surface area contributed by atoms with E-state index in [0.717, 1.165) is 18.8 Å². The lowest BCUT2D eigenvalue weighted by Gasteiger charge is -2.41. The summed E-state index contributed by atoms with van der Waals surface area (Å²) in [6.45, 7) is 6.91. The molecule has 2 saturated carbocycles. The molecular formula is C14H25NO. The maximum atomic E-state index is 11.7. The van der Waals surface area contributed by atoms with Crippen molar-refractivity contribution >= 4 is 5.91 Å². The molecule has 2 nitrogen and oxygen atoms in total. The van der Waals surface area contributed by atoms with Crippen LogP contribution in [0.5, 0.6) is 0 Å². The van der Waals surface area contributed by atoms with Gasteiger partial charge in [-0.3, -0.25) is 4.79 Å². The fourth-order valence-corrected chi connectivity index (χ4v) is 3.77. The Bertz CT molecular complexity index is 280. The van der Waals surface area contributed by atoms with Crippen LogP contribution in [0.2, 0.25) is 0 Å². The lowest BCUT2D eigenvalue weighted by Crippen LogP contribution is -2.40. The van der Waals surface area contributed by atoms with Gasteiger partial charge in [0.25, 0.3) is 0 Å². The standard InChI is InChI=1S/C14H25NO/c1-9(2)11-5-4-10(3)8-12(11)14(6-7-14)13(15)16/h9-12H,4-8H2,1-3H3,(H2,15,16). The van der Waals surface area contributed by atoms with E-state index < -0.39 is 0 Å². The van der Waals surface area contributed by atoms with Crippen LogP contribution in [0, 0.1) is 29.1 Å². The molecule has 16 heavy (non-hydrogen) atoms. The second-order valence-corrected chi connectivity index (χ2v) is 6.45. The Hall–Kier alpha value is -0.530. The summed E-state index contributed by atoms with van der Waals surface area (Å²) in [5.41, 5.74) is 5.52. The summed E-state index contributed by atoms with van der Waals surface area (Å²) in [6.07, 6.45) is 5.92. The molecule has 0 aliphatic heterocycles. The van der Waals surface area contributed by atoms with Gasteiger partial charge in [0.2, 0.25) is 5.91 Å². The summed E-state index contributed by atoms with van der Waals surface area (Å²) < 4.78 is 0. The predicted molar refractivity (Wildman–Crippen MR) is 65.7 cm³/mol. The highest BCUT2D eigenvalue weighted by Gasteiger charge is 2.57. The maximum absolute atomic E-state index is 11.7. The van der Waals surface area contributed by atoms with E-state index in [-0.39, 0.29) is 11.3 Å². The van der Waals surface area contributed by atoms with Crippen molar-refractivity contribution in [3.05, 3.63) is 0 Å². The zero-order valence-electron chi connectivity index (χ0n) is 10.8. The third kappa shape index (κ3) is 1.87. The van der Waals surface area contributed by atoms with Gasteiger partial charge in [-0.05, 0) is 49.4 Å². The van der Waals surface area contributed by atoms with Crippen molar-refractivity contribution < 1.29 is 4.79 Å². The van der Waals surface area contributed by atoms with Gasteiger partial charge < -0.3 is 5.73 Å². The highest BCUT2D eigenvalue weighted by atomic mass is 16.1. The number of hydrogen-bond donors (Lipinski definition) is 1. The topological polar surface area (TPSA) is 43.1 Å². The Labute approximate surface area is 99.0 Å². The monoisotopic (exact) mass is 223 g/mol. The summed E-state index contributed by atoms with van der Waals surface area (Å²) in [4.78, 5) is 11.7. The zero-order valence-corrected chi connectivity index (χ0v) is 10.8. The van der Waals surface area contributed by atoms with E-state index in [9.17, 15) is 4.79 Å². The van der Waals surface area contributed by atoms with Gasteiger partial charge in [0, 0.05) is 0 Å². The number of carbonyl (C=O) groups excluding carboxylic acids is 1. The number of carbonyl (C=O) groups is 1. The number of rotatable bonds is 3. The first-order chi connectivity index (χ1) is 7.47. The molecule has 2 N–H and O–H groups in total. The molecule has 0 heterocycles. The van der Waals surface area contributed by atoms with E-state index in [0.29, 0.717) is 17.8 Å². The van der Waals surface area contributed by atoms with Gasteiger partial charge in [-0.15, -0.1) is 0 Å². The second kappa shape index (κ2) is 4.05. The minimum absolute atomic E-state index is 0.0303. The molecule has 1 amide bonds. The van der Waals surface area contributed by atoms with E-state index in [1.807, 2.05) is 0 Å². The summed E-state index contributed by atoms with van der Waals surface area (Å²) >= 11 is 0. The van der Waals surface area contributed by atoms with Gasteiger partial charge in [0.1, 0.15) is 0 Å². The van der Waals surface area contributed by atoms with E-state index in [4.69, 9.17) is 5.73 Å². The molecule has 2 aliphatic carbocycles. The first-order valence-electron chi connectivity index (χ1n) is 6.77. The summed E-state index contributed by atoms with van der Waals surface area (Å²) in [7, 11) is 0. The van der Waals surface area contributed by atoms with Crippen molar-refractivity contribution in [2.45, 2.75) is 52.9 Å². The van der Waals surface area contributed by atoms with Gasteiger partial charge in [-0.1, -0.05) is 27.2 Å². The van der Waals surface area contributed by atoms with Crippen LogP contribution >= 0.6 is 0 Å². The smallest absolute Gasteiger partial charge is 0.223 e. The van der Waals surface area contributed by atoms with Crippen molar-refractivity contribution in [2.24, 2.45) is 34.8 Å². The van der Waals surface area contributed by atoms with Gasteiger partial charge in [-0.2, -0.15) is 0 Å². The van der Waals surface area contributed by atoms with Crippen LogP contribution in [-0.2, 0) is 4.79 Å². The van der Waals surface area contributed by atoms with E-state index in [2.05, 4.69) is 20.8 Å².